The molecule has 0 bridgehead atoms. The van der Waals surface area contributed by atoms with Crippen LogP contribution in [0.3, 0.4) is 0 Å². The zero-order valence-corrected chi connectivity index (χ0v) is 6.29. The Hall–Kier alpha value is -1.06. The van der Waals surface area contributed by atoms with E-state index in [1.54, 1.807) is 0 Å². The van der Waals surface area contributed by atoms with Crippen LogP contribution in [0, 0.1) is 0 Å². The molecule has 0 aliphatic rings. The summed E-state index contributed by atoms with van der Waals surface area (Å²) >= 11 is 0. The van der Waals surface area contributed by atoms with Crippen LogP contribution in [-0.4, -0.2) is 20.6 Å². The Labute approximate surface area is 61.1 Å². The summed E-state index contributed by atoms with van der Waals surface area (Å²) in [6.07, 6.45) is 0.104. The van der Waals surface area contributed by atoms with Crippen molar-refractivity contribution in [1.82, 2.24) is 20.6 Å². The fourth-order valence-corrected chi connectivity index (χ4v) is 0.495. The molecule has 1 aromatic rings. The highest BCUT2D eigenvalue weighted by molar-refractivity contribution is 5.04. The van der Waals surface area contributed by atoms with E-state index in [1.807, 2.05) is 20.8 Å². The lowest BCUT2D eigenvalue weighted by molar-refractivity contribution is 0.537. The van der Waals surface area contributed by atoms with Crippen LogP contribution in [0.4, 0.5) is 0 Å². The molecule has 0 fully saturated rings. The van der Waals surface area contributed by atoms with Gasteiger partial charge < -0.3 is 0 Å². The average molecular weight is 139 g/mol. The molecule has 4 heteroatoms. The molecule has 1 heterocycles. The summed E-state index contributed by atoms with van der Waals surface area (Å²) in [4.78, 5) is 0. The summed E-state index contributed by atoms with van der Waals surface area (Å²) < 4.78 is 7.35. The molecular weight excluding hydrogens is 128 g/mol. The second-order valence-electron chi connectivity index (χ2n) is 3.09. The van der Waals surface area contributed by atoms with Gasteiger partial charge in [-0.1, -0.05) is 20.8 Å². The zero-order chi connectivity index (χ0) is 8.48. The van der Waals surface area contributed by atoms with Crippen LogP contribution in [-0.2, 0) is 5.41 Å². The second kappa shape index (κ2) is 2.28. The normalized spacial score (nSPS) is 12.9. The smallest absolute Gasteiger partial charge is 0.0904 e. The summed E-state index contributed by atoms with van der Waals surface area (Å²) in [7, 11) is 0. The van der Waals surface area contributed by atoms with Crippen LogP contribution in [0.1, 0.15) is 27.8 Å². The van der Waals surface area contributed by atoms with E-state index in [2.05, 4.69) is 20.6 Å². The molecule has 0 aliphatic heterocycles. The van der Waals surface area contributed by atoms with E-state index in [4.69, 9.17) is 1.37 Å². The molecule has 0 amide bonds. The van der Waals surface area contributed by atoms with Crippen LogP contribution in [0.2, 0.25) is 0 Å². The van der Waals surface area contributed by atoms with Crippen molar-refractivity contribution in [2.45, 2.75) is 26.2 Å². The van der Waals surface area contributed by atoms with Gasteiger partial charge in [0.05, 0.1) is 13.2 Å². The van der Waals surface area contributed by atoms with Crippen molar-refractivity contribution in [1.29, 1.82) is 0 Å². The van der Waals surface area contributed by atoms with E-state index in [0.29, 0.717) is 5.69 Å². The van der Waals surface area contributed by atoms with Crippen molar-refractivity contribution in [3.8, 4) is 0 Å². The quantitative estimate of drug-likeness (QED) is 0.527. The number of nitrogens with zero attached hydrogens (tertiary/aromatic N) is 4. The summed E-state index contributed by atoms with van der Waals surface area (Å²) in [5.41, 5.74) is 0.396. The Morgan fingerprint density at radius 1 is 1.40 bits per heavy atom. The van der Waals surface area contributed by atoms with Gasteiger partial charge in [0.25, 0.3) is 0 Å². The molecule has 0 atom stereocenters. The predicted octanol–water partition coefficient (Wildman–Crippen LogP) is 0.564. The third-order valence-corrected chi connectivity index (χ3v) is 1.10. The fraction of sp³-hybridized carbons (Fsp3) is 0.667. The topological polar surface area (TPSA) is 51.6 Å². The van der Waals surface area contributed by atoms with Gasteiger partial charge in [-0.3, -0.25) is 0 Å². The third-order valence-electron chi connectivity index (χ3n) is 1.10. The van der Waals surface area contributed by atoms with Crippen LogP contribution >= 0.6 is 0 Å². The predicted molar refractivity (Wildman–Crippen MR) is 36.3 cm³/mol. The van der Waals surface area contributed by atoms with E-state index < -0.39 is 0 Å². The molecule has 10 heavy (non-hydrogen) atoms. The lowest BCUT2D eigenvalue weighted by atomic mass is 9.93. The molecule has 0 N–H and O–H groups in total. The molecule has 0 aliphatic carbocycles. The largest absolute Gasteiger partial charge is 0.135 e. The molecule has 54 valence electrons. The minimum atomic E-state index is -0.181. The van der Waals surface area contributed by atoms with E-state index in [-0.39, 0.29) is 11.6 Å². The van der Waals surface area contributed by atoms with Crippen molar-refractivity contribution >= 4 is 0 Å². The molecule has 1 aromatic heterocycles. The fourth-order valence-electron chi connectivity index (χ4n) is 0.495. The van der Waals surface area contributed by atoms with E-state index in [9.17, 15) is 0 Å². The van der Waals surface area contributed by atoms with Crippen molar-refractivity contribution < 1.29 is 1.37 Å². The van der Waals surface area contributed by atoms with Crippen LogP contribution in [0.15, 0.2) is 6.17 Å². The third kappa shape index (κ3) is 1.46. The lowest BCUT2D eigenvalue weighted by Crippen LogP contribution is -2.15. The first-order chi connectivity index (χ1) is 5.02. The van der Waals surface area contributed by atoms with Crippen LogP contribution < -0.4 is 0 Å². The standard InChI is InChI=1S/C6H10N4/c1-6(2,3)5-4-7-9-10-8-5/h4H,1-3H3/i4D. The highest BCUT2D eigenvalue weighted by atomic mass is 15.4. The van der Waals surface area contributed by atoms with Crippen molar-refractivity contribution in [2.24, 2.45) is 0 Å². The number of aromatic nitrogens is 4. The van der Waals surface area contributed by atoms with Crippen LogP contribution in [0.5, 0.6) is 0 Å². The highest BCUT2D eigenvalue weighted by Gasteiger charge is 2.15. The summed E-state index contributed by atoms with van der Waals surface area (Å²) in [5.74, 6) is 0. The summed E-state index contributed by atoms with van der Waals surface area (Å²) in [5, 5.41) is 13.9. The van der Waals surface area contributed by atoms with E-state index in [1.165, 1.54) is 0 Å². The van der Waals surface area contributed by atoms with Gasteiger partial charge in [0.15, 0.2) is 0 Å². The van der Waals surface area contributed by atoms with E-state index in [0.717, 1.165) is 0 Å². The molecule has 0 aromatic carbocycles. The van der Waals surface area contributed by atoms with Crippen LogP contribution in [0.25, 0.3) is 0 Å². The van der Waals surface area contributed by atoms with Gasteiger partial charge in [-0.2, -0.15) is 0 Å². The number of hydrogen-bond acceptors (Lipinski definition) is 4. The molecule has 0 radical (unpaired) electrons. The minimum absolute atomic E-state index is 0.104. The second-order valence-corrected chi connectivity index (χ2v) is 3.09. The molecule has 0 spiro atoms. The molecule has 0 unspecified atom stereocenters. The lowest BCUT2D eigenvalue weighted by Gasteiger charge is -2.14. The van der Waals surface area contributed by atoms with Gasteiger partial charge >= 0.3 is 0 Å². The van der Waals surface area contributed by atoms with Gasteiger partial charge in [-0.15, -0.1) is 10.2 Å². The monoisotopic (exact) mass is 139 g/mol. The van der Waals surface area contributed by atoms with Gasteiger partial charge in [0.1, 0.15) is 0 Å². The Morgan fingerprint density at radius 2 is 2.10 bits per heavy atom. The highest BCUT2D eigenvalue weighted by Crippen LogP contribution is 2.16. The van der Waals surface area contributed by atoms with Gasteiger partial charge in [-0.05, 0) is 10.4 Å². The zero-order valence-electron chi connectivity index (χ0n) is 7.29. The van der Waals surface area contributed by atoms with Gasteiger partial charge in [0.2, 0.25) is 0 Å². The van der Waals surface area contributed by atoms with Gasteiger partial charge in [-0.25, -0.2) is 0 Å². The maximum absolute atomic E-state index is 7.35. The maximum Gasteiger partial charge on any atom is 0.0904 e. The minimum Gasteiger partial charge on any atom is -0.135 e. The molecule has 1 rings (SSSR count). The first-order valence-electron chi connectivity index (χ1n) is 3.55. The molecule has 0 saturated heterocycles. The number of hydrogen-bond donors (Lipinski definition) is 0. The van der Waals surface area contributed by atoms with E-state index >= 15 is 0 Å². The van der Waals surface area contributed by atoms with Crippen molar-refractivity contribution in [3.63, 3.8) is 0 Å². The Balaban J connectivity index is 3.14. The Kier molecular flexibility index (Phi) is 1.30. The summed E-state index contributed by atoms with van der Waals surface area (Å²) in [6, 6.07) is 0. The Bertz CT molecular complexity index is 255. The Morgan fingerprint density at radius 3 is 2.50 bits per heavy atom. The first-order valence-corrected chi connectivity index (χ1v) is 3.05. The average Bonchev–Trinajstić information content (AvgIpc) is 1.86. The molecular formula is C6H10N4. The molecule has 0 saturated carbocycles. The number of rotatable bonds is 0. The SMILES string of the molecule is [2H]c1nnnnc1C(C)(C)C. The maximum atomic E-state index is 7.35. The summed E-state index contributed by atoms with van der Waals surface area (Å²) in [6.45, 7) is 5.87. The van der Waals surface area contributed by atoms with Gasteiger partial charge in [0, 0.05) is 5.41 Å². The van der Waals surface area contributed by atoms with Crippen molar-refractivity contribution in [2.75, 3.05) is 0 Å². The first kappa shape index (κ1) is 5.70. The molecule has 4 nitrogen and oxygen atoms in total. The van der Waals surface area contributed by atoms with Crippen molar-refractivity contribution in [3.05, 3.63) is 11.9 Å².